The molecule has 6 heteroatoms. The molecule has 1 aliphatic rings. The number of thiophene rings is 1. The Labute approximate surface area is 114 Å². The van der Waals surface area contributed by atoms with Gasteiger partial charge in [0.05, 0.1) is 11.7 Å². The predicted molar refractivity (Wildman–Crippen MR) is 73.1 cm³/mol. The van der Waals surface area contributed by atoms with Gasteiger partial charge in [0, 0.05) is 11.5 Å². The standard InChI is InChI=1S/C13H16N2O3S/c1-8-10-7-11(18-13(16)17)19-12(10)15(14-8)9-5-3-2-4-6-9/h7,9H,2-6H2,1H3,(H,16,17). The van der Waals surface area contributed by atoms with Gasteiger partial charge in [0.15, 0.2) is 5.06 Å². The predicted octanol–water partition coefficient (Wildman–Crippen LogP) is 3.97. The van der Waals surface area contributed by atoms with Crippen LogP contribution in [0.4, 0.5) is 4.79 Å². The molecule has 1 fully saturated rings. The van der Waals surface area contributed by atoms with Gasteiger partial charge in [0.1, 0.15) is 4.83 Å². The molecule has 0 aliphatic heterocycles. The van der Waals surface area contributed by atoms with E-state index in [1.54, 1.807) is 6.07 Å². The summed E-state index contributed by atoms with van der Waals surface area (Å²) in [5, 5.41) is 14.7. The minimum absolute atomic E-state index is 0.424. The smallest absolute Gasteiger partial charge is 0.449 e. The summed E-state index contributed by atoms with van der Waals surface area (Å²) >= 11 is 1.36. The van der Waals surface area contributed by atoms with Crippen molar-refractivity contribution in [3.63, 3.8) is 0 Å². The molecule has 2 heterocycles. The number of ether oxygens (including phenoxy) is 1. The van der Waals surface area contributed by atoms with Crippen LogP contribution >= 0.6 is 11.3 Å². The summed E-state index contributed by atoms with van der Waals surface area (Å²) in [6, 6.07) is 2.22. The summed E-state index contributed by atoms with van der Waals surface area (Å²) in [6.07, 6.45) is 4.84. The second kappa shape index (κ2) is 4.85. The molecule has 0 bridgehead atoms. The van der Waals surface area contributed by atoms with E-state index in [0.717, 1.165) is 28.8 Å². The van der Waals surface area contributed by atoms with Gasteiger partial charge >= 0.3 is 6.16 Å². The first kappa shape index (κ1) is 12.5. The van der Waals surface area contributed by atoms with Crippen LogP contribution in [0.5, 0.6) is 5.06 Å². The van der Waals surface area contributed by atoms with Crippen LogP contribution in [-0.2, 0) is 0 Å². The Morgan fingerprint density at radius 1 is 1.47 bits per heavy atom. The van der Waals surface area contributed by atoms with Crippen LogP contribution in [0.1, 0.15) is 43.8 Å². The minimum Gasteiger partial charge on any atom is -0.449 e. The highest BCUT2D eigenvalue weighted by atomic mass is 32.1. The van der Waals surface area contributed by atoms with E-state index >= 15 is 0 Å². The Bertz CT molecular complexity index is 611. The monoisotopic (exact) mass is 280 g/mol. The molecule has 1 N–H and O–H groups in total. The van der Waals surface area contributed by atoms with E-state index in [-0.39, 0.29) is 0 Å². The Hall–Kier alpha value is -1.56. The third-order valence-electron chi connectivity index (χ3n) is 3.65. The fraction of sp³-hybridized carbons (Fsp3) is 0.538. The number of aryl methyl sites for hydroxylation is 1. The molecule has 0 aromatic carbocycles. The summed E-state index contributed by atoms with van der Waals surface area (Å²) in [5.74, 6) is 0. The molecule has 0 saturated heterocycles. The van der Waals surface area contributed by atoms with Crippen molar-refractivity contribution >= 4 is 27.7 Å². The van der Waals surface area contributed by atoms with Crippen LogP contribution in [-0.4, -0.2) is 21.0 Å². The lowest BCUT2D eigenvalue weighted by molar-refractivity contribution is 0.146. The first-order valence-corrected chi connectivity index (χ1v) is 7.36. The van der Waals surface area contributed by atoms with Crippen molar-refractivity contribution in [1.82, 2.24) is 9.78 Å². The zero-order valence-corrected chi connectivity index (χ0v) is 11.6. The highest BCUT2D eigenvalue weighted by molar-refractivity contribution is 7.20. The molecule has 5 nitrogen and oxygen atoms in total. The Kier molecular flexibility index (Phi) is 3.18. The van der Waals surface area contributed by atoms with Crippen LogP contribution in [0.2, 0.25) is 0 Å². The second-order valence-corrected chi connectivity index (χ2v) is 5.97. The SMILES string of the molecule is Cc1nn(C2CCCCC2)c2sc(OC(=O)O)cc12. The van der Waals surface area contributed by atoms with Crippen molar-refractivity contribution in [2.45, 2.75) is 45.1 Å². The van der Waals surface area contributed by atoms with Gasteiger partial charge in [-0.1, -0.05) is 30.6 Å². The highest BCUT2D eigenvalue weighted by Gasteiger charge is 2.21. The van der Waals surface area contributed by atoms with Gasteiger partial charge in [0.2, 0.25) is 0 Å². The fourth-order valence-electron chi connectivity index (χ4n) is 2.76. The van der Waals surface area contributed by atoms with E-state index in [9.17, 15) is 4.79 Å². The number of nitrogens with zero attached hydrogens (tertiary/aromatic N) is 2. The molecule has 0 spiro atoms. The Morgan fingerprint density at radius 2 is 2.21 bits per heavy atom. The lowest BCUT2D eigenvalue weighted by Crippen LogP contribution is -2.13. The third kappa shape index (κ3) is 2.32. The van der Waals surface area contributed by atoms with E-state index in [2.05, 4.69) is 9.78 Å². The number of aromatic nitrogens is 2. The van der Waals surface area contributed by atoms with Gasteiger partial charge < -0.3 is 9.84 Å². The zero-order valence-electron chi connectivity index (χ0n) is 10.8. The summed E-state index contributed by atoms with van der Waals surface area (Å²) in [5.41, 5.74) is 0.942. The van der Waals surface area contributed by atoms with Gasteiger partial charge in [0.25, 0.3) is 0 Å². The normalized spacial score (nSPS) is 16.9. The van der Waals surface area contributed by atoms with Crippen LogP contribution in [0.25, 0.3) is 10.2 Å². The molecule has 2 aromatic rings. The van der Waals surface area contributed by atoms with Gasteiger partial charge in [-0.15, -0.1) is 0 Å². The van der Waals surface area contributed by atoms with E-state index in [0.29, 0.717) is 11.1 Å². The van der Waals surface area contributed by atoms with E-state index < -0.39 is 6.16 Å². The van der Waals surface area contributed by atoms with Crippen molar-refractivity contribution < 1.29 is 14.6 Å². The molecule has 0 atom stereocenters. The molecular formula is C13H16N2O3S. The van der Waals surface area contributed by atoms with E-state index in [1.165, 1.54) is 30.6 Å². The first-order valence-electron chi connectivity index (χ1n) is 6.54. The third-order valence-corrected chi connectivity index (χ3v) is 4.66. The fourth-order valence-corrected chi connectivity index (χ4v) is 3.84. The van der Waals surface area contributed by atoms with Crippen molar-refractivity contribution in [1.29, 1.82) is 0 Å². The van der Waals surface area contributed by atoms with E-state index in [4.69, 9.17) is 9.84 Å². The lowest BCUT2D eigenvalue weighted by atomic mass is 9.96. The van der Waals surface area contributed by atoms with Crippen molar-refractivity contribution in [3.05, 3.63) is 11.8 Å². The number of hydrogen-bond acceptors (Lipinski definition) is 4. The van der Waals surface area contributed by atoms with Crippen LogP contribution < -0.4 is 4.74 Å². The number of rotatable bonds is 2. The molecule has 2 aromatic heterocycles. The summed E-state index contributed by atoms with van der Waals surface area (Å²) in [6.45, 7) is 1.96. The average Bonchev–Trinajstić information content (AvgIpc) is 2.90. The van der Waals surface area contributed by atoms with Crippen molar-refractivity contribution in [3.8, 4) is 5.06 Å². The maximum absolute atomic E-state index is 10.6. The van der Waals surface area contributed by atoms with Crippen molar-refractivity contribution in [2.24, 2.45) is 0 Å². The molecule has 19 heavy (non-hydrogen) atoms. The zero-order chi connectivity index (χ0) is 13.4. The van der Waals surface area contributed by atoms with Gasteiger partial charge in [-0.25, -0.2) is 4.79 Å². The Morgan fingerprint density at radius 3 is 2.89 bits per heavy atom. The molecule has 1 aliphatic carbocycles. The van der Waals surface area contributed by atoms with Crippen LogP contribution in [0.15, 0.2) is 6.07 Å². The first-order chi connectivity index (χ1) is 9.15. The highest BCUT2D eigenvalue weighted by Crippen LogP contribution is 2.38. The quantitative estimate of drug-likeness (QED) is 0.845. The molecular weight excluding hydrogens is 264 g/mol. The van der Waals surface area contributed by atoms with Crippen molar-refractivity contribution in [2.75, 3.05) is 0 Å². The number of fused-ring (bicyclic) bond motifs is 1. The maximum atomic E-state index is 10.6. The maximum Gasteiger partial charge on any atom is 0.512 e. The largest absolute Gasteiger partial charge is 0.512 e. The van der Waals surface area contributed by atoms with Crippen LogP contribution in [0.3, 0.4) is 0 Å². The van der Waals surface area contributed by atoms with Gasteiger partial charge in [-0.2, -0.15) is 5.10 Å². The summed E-state index contributed by atoms with van der Waals surface area (Å²) in [4.78, 5) is 11.6. The summed E-state index contributed by atoms with van der Waals surface area (Å²) in [7, 11) is 0. The molecule has 0 radical (unpaired) electrons. The van der Waals surface area contributed by atoms with E-state index in [1.807, 2.05) is 6.92 Å². The van der Waals surface area contributed by atoms with Crippen LogP contribution in [0, 0.1) is 6.92 Å². The molecule has 0 amide bonds. The molecule has 102 valence electrons. The number of carbonyl (C=O) groups is 1. The topological polar surface area (TPSA) is 64.4 Å². The number of carboxylic acid groups (broad SMARTS) is 1. The summed E-state index contributed by atoms with van der Waals surface area (Å²) < 4.78 is 6.82. The molecule has 0 unspecified atom stereocenters. The lowest BCUT2D eigenvalue weighted by Gasteiger charge is -2.22. The number of hydrogen-bond donors (Lipinski definition) is 1. The minimum atomic E-state index is -1.27. The van der Waals surface area contributed by atoms with Gasteiger partial charge in [-0.3, -0.25) is 4.68 Å². The Balaban J connectivity index is 1.99. The second-order valence-electron chi connectivity index (χ2n) is 4.97. The van der Waals surface area contributed by atoms with Gasteiger partial charge in [-0.05, 0) is 19.8 Å². The molecule has 1 saturated carbocycles. The average molecular weight is 280 g/mol. The molecule has 3 rings (SSSR count).